The maximum absolute atomic E-state index is 2.36. The molecule has 34 heavy (non-hydrogen) atoms. The zero-order valence-electron chi connectivity index (χ0n) is 23.5. The second-order valence-electron chi connectivity index (χ2n) is 11.5. The zero-order chi connectivity index (χ0) is 25.6. The summed E-state index contributed by atoms with van der Waals surface area (Å²) >= 11 is 0. The molecule has 0 saturated carbocycles. The Morgan fingerprint density at radius 2 is 0.676 bits per heavy atom. The average Bonchev–Trinajstić information content (AvgIpc) is 2.72. The van der Waals surface area contributed by atoms with Crippen molar-refractivity contribution in [2.75, 3.05) is 38.0 Å². The van der Waals surface area contributed by atoms with Crippen molar-refractivity contribution in [3.63, 3.8) is 0 Å². The van der Waals surface area contributed by atoms with Crippen LogP contribution in [-0.4, -0.2) is 28.2 Å². The van der Waals surface area contributed by atoms with Crippen molar-refractivity contribution in [1.29, 1.82) is 0 Å². The SMILES string of the molecule is Cc1cc(C(C)(C)c2ccc(C(C)(C)c3cc(C)c(N(C)C)c(C)c3)cc2)cc(C)c1N(C)C. The second-order valence-corrected chi connectivity index (χ2v) is 11.5. The van der Waals surface area contributed by atoms with Gasteiger partial charge < -0.3 is 9.80 Å². The molecule has 0 aliphatic carbocycles. The summed E-state index contributed by atoms with van der Waals surface area (Å²) in [5, 5.41) is 0. The molecule has 182 valence electrons. The Morgan fingerprint density at radius 1 is 0.441 bits per heavy atom. The Labute approximate surface area is 208 Å². The van der Waals surface area contributed by atoms with E-state index in [0.717, 1.165) is 0 Å². The van der Waals surface area contributed by atoms with Crippen molar-refractivity contribution >= 4 is 11.4 Å². The van der Waals surface area contributed by atoms with Crippen LogP contribution in [0, 0.1) is 27.7 Å². The van der Waals surface area contributed by atoms with E-state index in [1.165, 1.54) is 55.9 Å². The van der Waals surface area contributed by atoms with Crippen molar-refractivity contribution in [2.45, 2.75) is 66.2 Å². The van der Waals surface area contributed by atoms with Gasteiger partial charge in [-0.3, -0.25) is 0 Å². The van der Waals surface area contributed by atoms with E-state index in [1.807, 2.05) is 0 Å². The number of hydrogen-bond acceptors (Lipinski definition) is 2. The molecule has 3 rings (SSSR count). The van der Waals surface area contributed by atoms with Crippen LogP contribution >= 0.6 is 0 Å². The first-order chi connectivity index (χ1) is 15.7. The van der Waals surface area contributed by atoms with Crippen LogP contribution in [0.1, 0.15) is 72.2 Å². The molecule has 0 bridgehead atoms. The maximum Gasteiger partial charge on any atom is 0.0420 e. The summed E-state index contributed by atoms with van der Waals surface area (Å²) in [6.45, 7) is 18.2. The largest absolute Gasteiger partial charge is 0.377 e. The second kappa shape index (κ2) is 9.13. The third-order valence-electron chi connectivity index (χ3n) is 7.65. The quantitative estimate of drug-likeness (QED) is 0.375. The van der Waals surface area contributed by atoms with E-state index in [2.05, 4.69) is 142 Å². The Balaban J connectivity index is 1.98. The number of nitrogens with zero attached hydrogens (tertiary/aromatic N) is 2. The lowest BCUT2D eigenvalue weighted by molar-refractivity contribution is 0.625. The fourth-order valence-electron chi connectivity index (χ4n) is 5.68. The highest BCUT2D eigenvalue weighted by atomic mass is 15.1. The monoisotopic (exact) mass is 456 g/mol. The molecule has 0 N–H and O–H groups in total. The predicted octanol–water partition coefficient (Wildman–Crippen LogP) is 7.70. The molecule has 0 aliphatic rings. The number of benzene rings is 3. The standard InChI is InChI=1S/C32H44N2/c1-21-17-27(18-22(2)29(21)33(9)10)31(5,6)25-13-15-26(16-14-25)32(7,8)28-19-23(3)30(34(11)12)24(4)20-28/h13-20H,1-12H3. The fourth-order valence-corrected chi connectivity index (χ4v) is 5.68. The van der Waals surface area contributed by atoms with Gasteiger partial charge in [-0.2, -0.15) is 0 Å². The first-order valence-corrected chi connectivity index (χ1v) is 12.4. The summed E-state index contributed by atoms with van der Waals surface area (Å²) in [6, 6.07) is 18.8. The van der Waals surface area contributed by atoms with Gasteiger partial charge in [0.25, 0.3) is 0 Å². The highest BCUT2D eigenvalue weighted by Gasteiger charge is 2.28. The van der Waals surface area contributed by atoms with Gasteiger partial charge in [0.05, 0.1) is 0 Å². The summed E-state index contributed by atoms with van der Waals surface area (Å²) < 4.78 is 0. The average molecular weight is 457 g/mol. The molecule has 0 aromatic heterocycles. The summed E-state index contributed by atoms with van der Waals surface area (Å²) in [4.78, 5) is 4.43. The van der Waals surface area contributed by atoms with Gasteiger partial charge in [0.1, 0.15) is 0 Å². The first-order valence-electron chi connectivity index (χ1n) is 12.4. The molecule has 2 nitrogen and oxygen atoms in total. The van der Waals surface area contributed by atoms with Gasteiger partial charge in [-0.05, 0) is 72.2 Å². The molecule has 0 radical (unpaired) electrons. The molecule has 3 aromatic rings. The van der Waals surface area contributed by atoms with Gasteiger partial charge in [-0.15, -0.1) is 0 Å². The van der Waals surface area contributed by atoms with Gasteiger partial charge in [0.15, 0.2) is 0 Å². The minimum Gasteiger partial charge on any atom is -0.377 e. The van der Waals surface area contributed by atoms with E-state index in [-0.39, 0.29) is 10.8 Å². The number of anilines is 2. The third kappa shape index (κ3) is 4.60. The van der Waals surface area contributed by atoms with Gasteiger partial charge in [-0.25, -0.2) is 0 Å². The third-order valence-corrected chi connectivity index (χ3v) is 7.65. The van der Waals surface area contributed by atoms with Crippen molar-refractivity contribution in [2.24, 2.45) is 0 Å². The molecule has 2 heteroatoms. The van der Waals surface area contributed by atoms with Crippen LogP contribution in [-0.2, 0) is 10.8 Å². The molecule has 0 aliphatic heterocycles. The Hall–Kier alpha value is -2.74. The Bertz CT molecular complexity index is 1040. The van der Waals surface area contributed by atoms with Crippen LogP contribution in [0.3, 0.4) is 0 Å². The van der Waals surface area contributed by atoms with Crippen LogP contribution in [0.4, 0.5) is 11.4 Å². The van der Waals surface area contributed by atoms with Crippen LogP contribution in [0.2, 0.25) is 0 Å². The van der Waals surface area contributed by atoms with Crippen molar-refractivity contribution in [1.82, 2.24) is 0 Å². The van der Waals surface area contributed by atoms with Crippen LogP contribution < -0.4 is 9.80 Å². The summed E-state index contributed by atoms with van der Waals surface area (Å²) in [5.74, 6) is 0. The van der Waals surface area contributed by atoms with Crippen LogP contribution in [0.25, 0.3) is 0 Å². The lowest BCUT2D eigenvalue weighted by Crippen LogP contribution is -2.23. The maximum atomic E-state index is 2.36. The van der Waals surface area contributed by atoms with Crippen molar-refractivity contribution in [3.8, 4) is 0 Å². The van der Waals surface area contributed by atoms with E-state index in [0.29, 0.717) is 0 Å². The normalized spacial score (nSPS) is 12.1. The topological polar surface area (TPSA) is 6.48 Å². The van der Waals surface area contributed by atoms with E-state index in [9.17, 15) is 0 Å². The Kier molecular flexibility index (Phi) is 6.95. The lowest BCUT2D eigenvalue weighted by Gasteiger charge is -2.31. The molecule has 0 heterocycles. The summed E-state index contributed by atoms with van der Waals surface area (Å²) in [5.41, 5.74) is 13.3. The molecule has 0 atom stereocenters. The minimum atomic E-state index is -0.0659. The summed E-state index contributed by atoms with van der Waals surface area (Å²) in [7, 11) is 8.49. The molecule has 0 saturated heterocycles. The molecule has 0 spiro atoms. The van der Waals surface area contributed by atoms with E-state index in [4.69, 9.17) is 0 Å². The van der Waals surface area contributed by atoms with Gasteiger partial charge in [0.2, 0.25) is 0 Å². The van der Waals surface area contributed by atoms with Crippen LogP contribution in [0.5, 0.6) is 0 Å². The minimum absolute atomic E-state index is 0.0659. The van der Waals surface area contributed by atoms with Crippen LogP contribution in [0.15, 0.2) is 48.5 Å². The molecule has 3 aromatic carbocycles. The molecule has 0 unspecified atom stereocenters. The van der Waals surface area contributed by atoms with Gasteiger partial charge >= 0.3 is 0 Å². The highest BCUT2D eigenvalue weighted by molar-refractivity contribution is 5.62. The highest BCUT2D eigenvalue weighted by Crippen LogP contribution is 2.39. The lowest BCUT2D eigenvalue weighted by atomic mass is 9.73. The van der Waals surface area contributed by atoms with Crippen molar-refractivity contribution < 1.29 is 0 Å². The summed E-state index contributed by atoms with van der Waals surface area (Å²) in [6.07, 6.45) is 0. The molecular formula is C32H44N2. The fraction of sp³-hybridized carbons (Fsp3) is 0.438. The predicted molar refractivity (Wildman–Crippen MR) is 151 cm³/mol. The van der Waals surface area contributed by atoms with Crippen molar-refractivity contribution in [3.05, 3.63) is 93.0 Å². The Morgan fingerprint density at radius 3 is 0.882 bits per heavy atom. The number of rotatable bonds is 6. The van der Waals surface area contributed by atoms with E-state index in [1.54, 1.807) is 0 Å². The molecule has 0 fully saturated rings. The van der Waals surface area contributed by atoms with Gasteiger partial charge in [0, 0.05) is 50.4 Å². The van der Waals surface area contributed by atoms with E-state index < -0.39 is 0 Å². The number of aryl methyl sites for hydroxylation is 4. The zero-order valence-corrected chi connectivity index (χ0v) is 23.5. The number of hydrogen-bond donors (Lipinski definition) is 0. The smallest absolute Gasteiger partial charge is 0.0420 e. The molecular weight excluding hydrogens is 412 g/mol. The molecule has 0 amide bonds. The van der Waals surface area contributed by atoms with E-state index >= 15 is 0 Å². The first kappa shape index (κ1) is 25.9. The van der Waals surface area contributed by atoms with Gasteiger partial charge in [-0.1, -0.05) is 76.2 Å².